The van der Waals surface area contributed by atoms with E-state index < -0.39 is 0 Å². The van der Waals surface area contributed by atoms with Gasteiger partial charge < -0.3 is 11.1 Å². The number of primary amides is 1. The first-order chi connectivity index (χ1) is 10.5. The average molecular weight is 361 g/mol. The summed E-state index contributed by atoms with van der Waals surface area (Å²) < 4.78 is 1.43. The van der Waals surface area contributed by atoms with Crippen LogP contribution in [-0.4, -0.2) is 39.6 Å². The van der Waals surface area contributed by atoms with Crippen LogP contribution in [0, 0.1) is 5.92 Å². The van der Waals surface area contributed by atoms with Gasteiger partial charge in [-0.05, 0) is 18.8 Å². The van der Waals surface area contributed by atoms with Gasteiger partial charge in [-0.15, -0.1) is 10.2 Å². The Labute approximate surface area is 142 Å². The first-order valence-corrected chi connectivity index (χ1v) is 10.00. The maximum absolute atomic E-state index is 12.0. The van der Waals surface area contributed by atoms with Crippen LogP contribution in [0.15, 0.2) is 8.68 Å². The molecule has 9 heteroatoms. The van der Waals surface area contributed by atoms with Crippen LogP contribution in [0.5, 0.6) is 0 Å². The predicted octanol–water partition coefficient (Wildman–Crippen LogP) is 1.90. The third kappa shape index (κ3) is 5.77. The molecule has 22 heavy (non-hydrogen) atoms. The molecular weight excluding hydrogens is 340 g/mol. The van der Waals surface area contributed by atoms with Crippen LogP contribution in [0.3, 0.4) is 0 Å². The Bertz CT molecular complexity index is 523. The van der Waals surface area contributed by atoms with Gasteiger partial charge in [-0.3, -0.25) is 9.59 Å². The zero-order valence-electron chi connectivity index (χ0n) is 12.4. The maximum Gasteiger partial charge on any atom is 0.230 e. The molecule has 0 radical (unpaired) electrons. The van der Waals surface area contributed by atoms with Gasteiger partial charge in [-0.25, -0.2) is 0 Å². The smallest absolute Gasteiger partial charge is 0.230 e. The van der Waals surface area contributed by atoms with Crippen molar-refractivity contribution in [1.82, 2.24) is 15.5 Å². The Morgan fingerprint density at radius 2 is 1.86 bits per heavy atom. The molecule has 2 rings (SSSR count). The van der Waals surface area contributed by atoms with Crippen molar-refractivity contribution in [3.63, 3.8) is 0 Å². The summed E-state index contributed by atoms with van der Waals surface area (Å²) in [7, 11) is 0. The normalized spacial score (nSPS) is 21.5. The molecule has 0 bridgehead atoms. The van der Waals surface area contributed by atoms with Gasteiger partial charge in [-0.1, -0.05) is 54.6 Å². The van der Waals surface area contributed by atoms with Crippen LogP contribution < -0.4 is 11.1 Å². The van der Waals surface area contributed by atoms with Crippen molar-refractivity contribution < 1.29 is 9.59 Å². The summed E-state index contributed by atoms with van der Waals surface area (Å²) in [5, 5.41) is 11.1. The summed E-state index contributed by atoms with van der Waals surface area (Å²) in [5.41, 5.74) is 5.08. The third-order valence-electron chi connectivity index (χ3n) is 3.51. The van der Waals surface area contributed by atoms with E-state index in [1.54, 1.807) is 0 Å². The molecule has 1 fully saturated rings. The Balaban J connectivity index is 1.72. The molecule has 122 valence electrons. The van der Waals surface area contributed by atoms with Crippen LogP contribution in [0.4, 0.5) is 0 Å². The minimum Gasteiger partial charge on any atom is -0.369 e. The number of aromatic nitrogens is 2. The van der Waals surface area contributed by atoms with E-state index in [0.29, 0.717) is 22.1 Å². The van der Waals surface area contributed by atoms with Gasteiger partial charge >= 0.3 is 0 Å². The number of nitrogens with zero attached hydrogens (tertiary/aromatic N) is 2. The number of carbonyl (C=O) groups is 2. The molecule has 0 saturated heterocycles. The van der Waals surface area contributed by atoms with Crippen molar-refractivity contribution in [2.45, 2.75) is 47.3 Å². The van der Waals surface area contributed by atoms with E-state index in [1.165, 1.54) is 54.1 Å². The second kappa shape index (κ2) is 8.73. The van der Waals surface area contributed by atoms with Gasteiger partial charge in [-0.2, -0.15) is 0 Å². The Morgan fingerprint density at radius 1 is 1.23 bits per heavy atom. The van der Waals surface area contributed by atoms with Crippen molar-refractivity contribution in [2.24, 2.45) is 11.7 Å². The lowest BCUT2D eigenvalue weighted by atomic mass is 9.86. The first kappa shape index (κ1) is 17.6. The number of nitrogens with one attached hydrogen (secondary N) is 1. The molecule has 1 aromatic heterocycles. The summed E-state index contributed by atoms with van der Waals surface area (Å²) in [6.45, 7) is 2.20. The van der Waals surface area contributed by atoms with Crippen LogP contribution in [0.2, 0.25) is 0 Å². The average Bonchev–Trinajstić information content (AvgIpc) is 2.93. The molecule has 1 aromatic rings. The second-order valence-corrected chi connectivity index (χ2v) is 8.74. The molecule has 1 heterocycles. The molecule has 6 nitrogen and oxygen atoms in total. The Hall–Kier alpha value is -0.800. The van der Waals surface area contributed by atoms with Crippen LogP contribution in [0.25, 0.3) is 0 Å². The highest BCUT2D eigenvalue weighted by Crippen LogP contribution is 2.29. The number of hydrogen-bond donors (Lipinski definition) is 2. The van der Waals surface area contributed by atoms with Crippen molar-refractivity contribution in [2.75, 3.05) is 11.5 Å². The number of amides is 2. The highest BCUT2D eigenvalue weighted by atomic mass is 32.2. The largest absolute Gasteiger partial charge is 0.369 e. The molecule has 0 aromatic carbocycles. The predicted molar refractivity (Wildman–Crippen MR) is 90.1 cm³/mol. The Morgan fingerprint density at radius 3 is 2.50 bits per heavy atom. The van der Waals surface area contributed by atoms with E-state index in [0.717, 1.165) is 10.8 Å². The molecule has 3 N–H and O–H groups in total. The van der Waals surface area contributed by atoms with Crippen molar-refractivity contribution in [3.05, 3.63) is 0 Å². The quantitative estimate of drug-likeness (QED) is 0.721. The van der Waals surface area contributed by atoms with E-state index in [2.05, 4.69) is 22.4 Å². The maximum atomic E-state index is 12.0. The summed E-state index contributed by atoms with van der Waals surface area (Å²) in [4.78, 5) is 22.7. The summed E-state index contributed by atoms with van der Waals surface area (Å²) in [5.74, 6) is 0.763. The van der Waals surface area contributed by atoms with Crippen LogP contribution in [-0.2, 0) is 9.59 Å². The molecular formula is C13H20N4O2S3. The SMILES string of the molecule is C[C@@H]1CCCC[C@H]1NC(=O)CSc1nnc(SCC(N)=O)s1. The van der Waals surface area contributed by atoms with Crippen molar-refractivity contribution >= 4 is 46.7 Å². The molecule has 1 saturated carbocycles. The third-order valence-corrected chi connectivity index (χ3v) is 6.72. The van der Waals surface area contributed by atoms with E-state index in [4.69, 9.17) is 5.73 Å². The lowest BCUT2D eigenvalue weighted by Gasteiger charge is -2.29. The number of rotatable bonds is 7. The second-order valence-electron chi connectivity index (χ2n) is 5.31. The number of thioether (sulfide) groups is 2. The number of carbonyl (C=O) groups excluding carboxylic acids is 2. The standard InChI is InChI=1S/C13H20N4O2S3/c1-8-4-2-3-5-9(8)15-11(19)7-21-13-17-16-12(22-13)20-6-10(14)18/h8-9H,2-7H2,1H3,(H2,14,18)(H,15,19)/t8-,9-/m1/s1. The monoisotopic (exact) mass is 360 g/mol. The highest BCUT2D eigenvalue weighted by molar-refractivity contribution is 8.03. The molecule has 2 atom stereocenters. The number of hydrogen-bond acceptors (Lipinski definition) is 7. The minimum atomic E-state index is -0.379. The molecule has 0 aliphatic heterocycles. The molecule has 1 aliphatic carbocycles. The van der Waals surface area contributed by atoms with Gasteiger partial charge in [0.05, 0.1) is 11.5 Å². The molecule has 2 amide bonds. The molecule has 0 unspecified atom stereocenters. The zero-order chi connectivity index (χ0) is 15.9. The van der Waals surface area contributed by atoms with E-state index >= 15 is 0 Å². The van der Waals surface area contributed by atoms with Crippen LogP contribution >= 0.6 is 34.9 Å². The van der Waals surface area contributed by atoms with E-state index in [9.17, 15) is 9.59 Å². The Kier molecular flexibility index (Phi) is 6.97. The fraction of sp³-hybridized carbons (Fsp3) is 0.692. The fourth-order valence-electron chi connectivity index (χ4n) is 2.35. The van der Waals surface area contributed by atoms with Gasteiger partial charge in [0.25, 0.3) is 0 Å². The highest BCUT2D eigenvalue weighted by Gasteiger charge is 2.22. The molecule has 0 spiro atoms. The summed E-state index contributed by atoms with van der Waals surface area (Å²) in [6.07, 6.45) is 4.72. The van der Waals surface area contributed by atoms with Gasteiger partial charge in [0.15, 0.2) is 8.68 Å². The molecule has 1 aliphatic rings. The minimum absolute atomic E-state index is 0.0466. The van der Waals surface area contributed by atoms with Gasteiger partial charge in [0, 0.05) is 6.04 Å². The summed E-state index contributed by atoms with van der Waals surface area (Å²) >= 11 is 4.03. The first-order valence-electron chi connectivity index (χ1n) is 7.21. The number of nitrogens with two attached hydrogens (primary N) is 1. The van der Waals surface area contributed by atoms with Crippen molar-refractivity contribution in [3.8, 4) is 0 Å². The van der Waals surface area contributed by atoms with Crippen LogP contribution in [0.1, 0.15) is 32.6 Å². The van der Waals surface area contributed by atoms with Crippen molar-refractivity contribution in [1.29, 1.82) is 0 Å². The zero-order valence-corrected chi connectivity index (χ0v) is 14.9. The lowest BCUT2D eigenvalue weighted by Crippen LogP contribution is -2.41. The van der Waals surface area contributed by atoms with Gasteiger partial charge in [0.1, 0.15) is 0 Å². The topological polar surface area (TPSA) is 98.0 Å². The van der Waals surface area contributed by atoms with E-state index in [-0.39, 0.29) is 17.6 Å². The fourth-order valence-corrected chi connectivity index (χ4v) is 4.92. The van der Waals surface area contributed by atoms with Gasteiger partial charge in [0.2, 0.25) is 11.8 Å². The van der Waals surface area contributed by atoms with E-state index in [1.807, 2.05) is 0 Å². The lowest BCUT2D eigenvalue weighted by molar-refractivity contribution is -0.119. The summed E-state index contributed by atoms with van der Waals surface area (Å²) in [6, 6.07) is 0.304.